The van der Waals surface area contributed by atoms with Crippen molar-refractivity contribution in [2.75, 3.05) is 33.4 Å². The van der Waals surface area contributed by atoms with E-state index < -0.39 is 0 Å². The third kappa shape index (κ3) is 3.69. The molecule has 0 aromatic carbocycles. The Labute approximate surface area is 112 Å². The van der Waals surface area contributed by atoms with Crippen molar-refractivity contribution in [1.29, 1.82) is 0 Å². The van der Waals surface area contributed by atoms with Gasteiger partial charge >= 0.3 is 0 Å². The van der Waals surface area contributed by atoms with Crippen molar-refractivity contribution in [3.05, 3.63) is 0 Å². The number of fused-ring (bicyclic) bond motifs is 1. The van der Waals surface area contributed by atoms with Gasteiger partial charge in [0.1, 0.15) is 0 Å². The van der Waals surface area contributed by atoms with Gasteiger partial charge in [-0.2, -0.15) is 0 Å². The Kier molecular flexibility index (Phi) is 5.93. The monoisotopic (exact) mass is 254 g/mol. The first-order chi connectivity index (χ1) is 8.83. The van der Waals surface area contributed by atoms with Crippen molar-refractivity contribution in [2.45, 2.75) is 57.5 Å². The van der Waals surface area contributed by atoms with Gasteiger partial charge in [-0.1, -0.05) is 12.8 Å². The highest BCUT2D eigenvalue weighted by atomic mass is 16.5. The lowest BCUT2D eigenvalue weighted by atomic mass is 9.78. The molecule has 2 rings (SSSR count). The average Bonchev–Trinajstić information content (AvgIpc) is 2.43. The summed E-state index contributed by atoms with van der Waals surface area (Å²) in [4.78, 5) is 2.78. The van der Waals surface area contributed by atoms with Crippen molar-refractivity contribution in [2.24, 2.45) is 5.92 Å². The van der Waals surface area contributed by atoms with E-state index in [0.29, 0.717) is 6.04 Å². The van der Waals surface area contributed by atoms with Gasteiger partial charge in [-0.05, 0) is 45.1 Å². The van der Waals surface area contributed by atoms with Crippen LogP contribution in [0.1, 0.15) is 45.4 Å². The molecule has 1 saturated heterocycles. The van der Waals surface area contributed by atoms with Crippen LogP contribution < -0.4 is 5.32 Å². The minimum absolute atomic E-state index is 0.674. The van der Waals surface area contributed by atoms with Crippen molar-refractivity contribution < 1.29 is 4.74 Å². The summed E-state index contributed by atoms with van der Waals surface area (Å²) in [5.41, 5.74) is 0. The van der Waals surface area contributed by atoms with Gasteiger partial charge in [-0.25, -0.2) is 0 Å². The van der Waals surface area contributed by atoms with Crippen LogP contribution in [0.5, 0.6) is 0 Å². The molecule has 18 heavy (non-hydrogen) atoms. The molecule has 0 amide bonds. The molecule has 106 valence electrons. The molecule has 3 atom stereocenters. The number of likely N-dealkylation sites (tertiary alicyclic amines) is 1. The largest absolute Gasteiger partial charge is 0.383 e. The minimum atomic E-state index is 0.674. The minimum Gasteiger partial charge on any atom is -0.383 e. The first kappa shape index (κ1) is 14.3. The van der Waals surface area contributed by atoms with Crippen LogP contribution in [0.4, 0.5) is 0 Å². The van der Waals surface area contributed by atoms with E-state index in [1.807, 2.05) is 0 Å². The van der Waals surface area contributed by atoms with Crippen LogP contribution in [-0.2, 0) is 4.74 Å². The van der Waals surface area contributed by atoms with Crippen LogP contribution in [0, 0.1) is 5.92 Å². The first-order valence-electron chi connectivity index (χ1n) is 7.78. The number of ether oxygens (including phenoxy) is 1. The predicted octanol–water partition coefficient (Wildman–Crippen LogP) is 2.27. The summed E-state index contributed by atoms with van der Waals surface area (Å²) in [5, 5.41) is 3.51. The van der Waals surface area contributed by atoms with Gasteiger partial charge in [0.25, 0.3) is 0 Å². The summed E-state index contributed by atoms with van der Waals surface area (Å²) in [6.07, 6.45) is 8.71. The molecular formula is C15H30N2O. The molecule has 1 heterocycles. The normalized spacial score (nSPS) is 31.0. The van der Waals surface area contributed by atoms with Crippen LogP contribution in [0.25, 0.3) is 0 Å². The molecular weight excluding hydrogens is 224 g/mol. The Balaban J connectivity index is 1.78. The molecule has 1 aliphatic carbocycles. The lowest BCUT2D eigenvalue weighted by Crippen LogP contribution is -2.53. The summed E-state index contributed by atoms with van der Waals surface area (Å²) >= 11 is 0. The van der Waals surface area contributed by atoms with E-state index in [1.165, 1.54) is 45.1 Å². The second-order valence-electron chi connectivity index (χ2n) is 6.04. The highest BCUT2D eigenvalue weighted by molar-refractivity contribution is 4.89. The van der Waals surface area contributed by atoms with Crippen LogP contribution in [-0.4, -0.2) is 50.3 Å². The highest BCUT2D eigenvalue weighted by Crippen LogP contribution is 2.35. The van der Waals surface area contributed by atoms with Crippen LogP contribution in [0.2, 0.25) is 0 Å². The van der Waals surface area contributed by atoms with E-state index in [1.54, 1.807) is 7.11 Å². The fraction of sp³-hybridized carbons (Fsp3) is 1.00. The second-order valence-corrected chi connectivity index (χ2v) is 6.04. The number of nitrogens with zero attached hydrogens (tertiary/aromatic N) is 1. The van der Waals surface area contributed by atoms with E-state index in [0.717, 1.165) is 31.7 Å². The number of piperidine rings is 1. The topological polar surface area (TPSA) is 24.5 Å². The number of methoxy groups -OCH3 is 1. The standard InChI is InChI=1S/C15H30N2O/c1-13(12-16-9-11-18-2)17-10-5-7-14-6-3-4-8-15(14)17/h13-16H,3-12H2,1-2H3. The van der Waals surface area contributed by atoms with Crippen LogP contribution in [0.15, 0.2) is 0 Å². The van der Waals surface area contributed by atoms with Crippen LogP contribution >= 0.6 is 0 Å². The molecule has 1 aliphatic heterocycles. The molecule has 1 N–H and O–H groups in total. The second kappa shape index (κ2) is 7.46. The first-order valence-corrected chi connectivity index (χ1v) is 7.78. The molecule has 3 heteroatoms. The fourth-order valence-corrected chi connectivity index (χ4v) is 3.81. The van der Waals surface area contributed by atoms with E-state index in [9.17, 15) is 0 Å². The summed E-state index contributed by atoms with van der Waals surface area (Å²) in [6.45, 7) is 6.60. The van der Waals surface area contributed by atoms with Crippen molar-refractivity contribution >= 4 is 0 Å². The lowest BCUT2D eigenvalue weighted by Gasteiger charge is -2.47. The Morgan fingerprint density at radius 2 is 2.00 bits per heavy atom. The number of hydrogen-bond donors (Lipinski definition) is 1. The SMILES string of the molecule is COCCNCC(C)N1CCCC2CCCCC21. The van der Waals surface area contributed by atoms with Gasteiger partial charge in [0.2, 0.25) is 0 Å². The maximum absolute atomic E-state index is 5.08. The molecule has 0 bridgehead atoms. The molecule has 2 fully saturated rings. The van der Waals surface area contributed by atoms with Crippen molar-refractivity contribution in [1.82, 2.24) is 10.2 Å². The van der Waals surface area contributed by atoms with Gasteiger partial charge in [0.15, 0.2) is 0 Å². The van der Waals surface area contributed by atoms with Gasteiger partial charge in [-0.3, -0.25) is 4.90 Å². The summed E-state index contributed by atoms with van der Waals surface area (Å²) in [6, 6.07) is 1.56. The molecule has 2 aliphatic rings. The lowest BCUT2D eigenvalue weighted by molar-refractivity contribution is 0.0311. The Morgan fingerprint density at radius 3 is 2.83 bits per heavy atom. The third-order valence-electron chi connectivity index (χ3n) is 4.78. The predicted molar refractivity (Wildman–Crippen MR) is 75.9 cm³/mol. The molecule has 1 saturated carbocycles. The third-order valence-corrected chi connectivity index (χ3v) is 4.78. The number of hydrogen-bond acceptors (Lipinski definition) is 3. The molecule has 0 aromatic rings. The Hall–Kier alpha value is -0.120. The van der Waals surface area contributed by atoms with Gasteiger partial charge in [0.05, 0.1) is 6.61 Å². The molecule has 3 unspecified atom stereocenters. The van der Waals surface area contributed by atoms with Crippen molar-refractivity contribution in [3.8, 4) is 0 Å². The Bertz CT molecular complexity index is 233. The molecule has 0 spiro atoms. The average molecular weight is 254 g/mol. The summed E-state index contributed by atoms with van der Waals surface area (Å²) in [7, 11) is 1.77. The van der Waals surface area contributed by atoms with Gasteiger partial charge in [0, 0.05) is 32.3 Å². The fourth-order valence-electron chi connectivity index (χ4n) is 3.81. The zero-order valence-corrected chi connectivity index (χ0v) is 12.2. The van der Waals surface area contributed by atoms with Gasteiger partial charge in [-0.15, -0.1) is 0 Å². The van der Waals surface area contributed by atoms with E-state index in [2.05, 4.69) is 17.1 Å². The zero-order chi connectivity index (χ0) is 12.8. The van der Waals surface area contributed by atoms with E-state index >= 15 is 0 Å². The van der Waals surface area contributed by atoms with E-state index in [-0.39, 0.29) is 0 Å². The number of rotatable bonds is 6. The van der Waals surface area contributed by atoms with Crippen LogP contribution in [0.3, 0.4) is 0 Å². The zero-order valence-electron chi connectivity index (χ0n) is 12.2. The summed E-state index contributed by atoms with van der Waals surface area (Å²) in [5.74, 6) is 0.994. The highest BCUT2D eigenvalue weighted by Gasteiger charge is 2.34. The summed E-state index contributed by atoms with van der Waals surface area (Å²) < 4.78 is 5.08. The molecule has 0 aromatic heterocycles. The smallest absolute Gasteiger partial charge is 0.0587 e. The molecule has 3 nitrogen and oxygen atoms in total. The van der Waals surface area contributed by atoms with Gasteiger partial charge < -0.3 is 10.1 Å². The quantitative estimate of drug-likeness (QED) is 0.736. The van der Waals surface area contributed by atoms with E-state index in [4.69, 9.17) is 4.74 Å². The van der Waals surface area contributed by atoms with Crippen molar-refractivity contribution in [3.63, 3.8) is 0 Å². The Morgan fingerprint density at radius 1 is 1.22 bits per heavy atom. The molecule has 0 radical (unpaired) electrons. The number of nitrogens with one attached hydrogen (secondary N) is 1. The maximum Gasteiger partial charge on any atom is 0.0587 e. The maximum atomic E-state index is 5.08.